The number of pyridine rings is 1. The molecule has 152 valence electrons. The first-order valence-electron chi connectivity index (χ1n) is 9.77. The molecule has 0 fully saturated rings. The molecule has 0 spiro atoms. The fourth-order valence-electron chi connectivity index (χ4n) is 3.97. The molecule has 2 atom stereocenters. The fourth-order valence-corrected chi connectivity index (χ4v) is 3.97. The van der Waals surface area contributed by atoms with E-state index in [2.05, 4.69) is 10.3 Å². The minimum Gasteiger partial charge on any atom is -0.497 e. The number of hydrogen-bond donors (Lipinski definition) is 1. The Morgan fingerprint density at radius 2 is 1.77 bits per heavy atom. The van der Waals surface area contributed by atoms with Crippen molar-refractivity contribution in [2.24, 2.45) is 0 Å². The lowest BCUT2D eigenvalue weighted by atomic mass is 9.79. The maximum Gasteiger partial charge on any atom is 0.254 e. The van der Waals surface area contributed by atoms with Gasteiger partial charge in [-0.15, -0.1) is 0 Å². The predicted molar refractivity (Wildman–Crippen MR) is 113 cm³/mol. The number of likely N-dealkylation sites (N-methyl/N-ethyl adjacent to an activating group) is 1. The summed E-state index contributed by atoms with van der Waals surface area (Å²) in [5.74, 6) is -0.0224. The average Bonchev–Trinajstić information content (AvgIpc) is 2.80. The number of nitrogens with zero attached hydrogens (tertiary/aromatic N) is 2. The van der Waals surface area contributed by atoms with Gasteiger partial charge in [0.15, 0.2) is 0 Å². The highest BCUT2D eigenvalue weighted by Crippen LogP contribution is 2.42. The highest BCUT2D eigenvalue weighted by Gasteiger charge is 2.42. The number of carbonyl (C=O) groups excluding carboxylic acids is 2. The van der Waals surface area contributed by atoms with Gasteiger partial charge >= 0.3 is 0 Å². The molecule has 1 aliphatic heterocycles. The number of nitrogens with one attached hydrogen (secondary N) is 1. The average molecular weight is 401 g/mol. The Bertz CT molecular complexity index is 1050. The third-order valence-electron chi connectivity index (χ3n) is 5.54. The van der Waals surface area contributed by atoms with Crippen LogP contribution in [0.5, 0.6) is 5.75 Å². The summed E-state index contributed by atoms with van der Waals surface area (Å²) in [5.41, 5.74) is 3.15. The smallest absolute Gasteiger partial charge is 0.254 e. The zero-order valence-corrected chi connectivity index (χ0v) is 16.9. The van der Waals surface area contributed by atoms with E-state index in [-0.39, 0.29) is 11.8 Å². The lowest BCUT2D eigenvalue weighted by molar-refractivity contribution is -0.124. The zero-order valence-electron chi connectivity index (χ0n) is 16.9. The molecule has 1 aliphatic rings. The van der Waals surface area contributed by atoms with Gasteiger partial charge in [-0.05, 0) is 47.0 Å². The van der Waals surface area contributed by atoms with E-state index < -0.39 is 12.0 Å². The van der Waals surface area contributed by atoms with Crippen LogP contribution < -0.4 is 10.1 Å². The number of ether oxygens (including phenoxy) is 1. The van der Waals surface area contributed by atoms with Crippen molar-refractivity contribution in [3.8, 4) is 5.75 Å². The van der Waals surface area contributed by atoms with Crippen LogP contribution in [0.2, 0.25) is 0 Å². The van der Waals surface area contributed by atoms with Crippen LogP contribution in [0.15, 0.2) is 73.1 Å². The number of rotatable bonds is 5. The van der Waals surface area contributed by atoms with Gasteiger partial charge in [-0.1, -0.05) is 30.3 Å². The molecule has 0 bridgehead atoms. The molecule has 2 amide bonds. The van der Waals surface area contributed by atoms with E-state index in [1.807, 2.05) is 54.6 Å². The number of amides is 2. The first-order chi connectivity index (χ1) is 14.6. The van der Waals surface area contributed by atoms with Gasteiger partial charge in [0.25, 0.3) is 5.91 Å². The zero-order chi connectivity index (χ0) is 21.1. The van der Waals surface area contributed by atoms with Crippen LogP contribution in [-0.2, 0) is 11.3 Å². The molecule has 2 heterocycles. The van der Waals surface area contributed by atoms with Crippen LogP contribution in [0.3, 0.4) is 0 Å². The van der Waals surface area contributed by atoms with Crippen molar-refractivity contribution in [2.45, 2.75) is 18.5 Å². The van der Waals surface area contributed by atoms with Gasteiger partial charge in [-0.25, -0.2) is 0 Å². The first kappa shape index (κ1) is 19.6. The van der Waals surface area contributed by atoms with Gasteiger partial charge in [-0.3, -0.25) is 14.6 Å². The lowest BCUT2D eigenvalue weighted by Gasteiger charge is -2.39. The van der Waals surface area contributed by atoms with Crippen LogP contribution >= 0.6 is 0 Å². The number of aromatic nitrogens is 1. The standard InChI is InChI=1S/C24H23N3O3/c1-27-22(17-7-9-18(30-2)10-8-17)21(19-5-3-4-6-20(19)24(27)29)23(28)26-15-16-11-13-25-14-12-16/h3-14,21-22H,15H2,1-2H3,(H,26,28)/t21-,22+/m1/s1. The van der Waals surface area contributed by atoms with Crippen LogP contribution in [0, 0.1) is 0 Å². The minimum atomic E-state index is -0.529. The van der Waals surface area contributed by atoms with Crippen molar-refractivity contribution in [3.05, 3.63) is 95.3 Å². The van der Waals surface area contributed by atoms with Crippen molar-refractivity contribution < 1.29 is 14.3 Å². The quantitative estimate of drug-likeness (QED) is 0.712. The van der Waals surface area contributed by atoms with Gasteiger partial charge in [0.2, 0.25) is 5.91 Å². The second-order valence-electron chi connectivity index (χ2n) is 7.27. The molecule has 1 aromatic heterocycles. The van der Waals surface area contributed by atoms with E-state index in [4.69, 9.17) is 4.74 Å². The number of hydrogen-bond acceptors (Lipinski definition) is 4. The second-order valence-corrected chi connectivity index (χ2v) is 7.27. The van der Waals surface area contributed by atoms with E-state index in [1.54, 1.807) is 37.5 Å². The van der Waals surface area contributed by atoms with E-state index in [0.717, 1.165) is 22.4 Å². The summed E-state index contributed by atoms with van der Waals surface area (Å²) in [6.07, 6.45) is 3.40. The lowest BCUT2D eigenvalue weighted by Crippen LogP contribution is -2.45. The summed E-state index contributed by atoms with van der Waals surface area (Å²) in [6.45, 7) is 0.396. The van der Waals surface area contributed by atoms with Crippen LogP contribution in [-0.4, -0.2) is 35.9 Å². The third kappa shape index (κ3) is 3.64. The maximum atomic E-state index is 13.4. The molecule has 2 aromatic carbocycles. The number of methoxy groups -OCH3 is 1. The first-order valence-corrected chi connectivity index (χ1v) is 9.77. The summed E-state index contributed by atoms with van der Waals surface area (Å²) < 4.78 is 5.26. The number of benzene rings is 2. The normalized spacial score (nSPS) is 17.9. The molecular formula is C24H23N3O3. The predicted octanol–water partition coefficient (Wildman–Crippen LogP) is 3.32. The van der Waals surface area contributed by atoms with E-state index in [9.17, 15) is 9.59 Å². The Labute approximate surface area is 175 Å². The molecule has 4 rings (SSSR count). The van der Waals surface area contributed by atoms with Crippen molar-refractivity contribution in [1.82, 2.24) is 15.2 Å². The molecule has 6 heteroatoms. The maximum absolute atomic E-state index is 13.4. The van der Waals surface area contributed by atoms with Crippen molar-refractivity contribution in [2.75, 3.05) is 14.2 Å². The topological polar surface area (TPSA) is 71.5 Å². The highest BCUT2D eigenvalue weighted by atomic mass is 16.5. The molecule has 6 nitrogen and oxygen atoms in total. The number of fused-ring (bicyclic) bond motifs is 1. The minimum absolute atomic E-state index is 0.0930. The molecule has 0 saturated carbocycles. The Hall–Kier alpha value is -3.67. The largest absolute Gasteiger partial charge is 0.497 e. The molecule has 0 radical (unpaired) electrons. The van der Waals surface area contributed by atoms with Gasteiger partial charge in [0.1, 0.15) is 5.75 Å². The number of carbonyl (C=O) groups is 2. The summed E-state index contributed by atoms with van der Waals surface area (Å²) in [6, 6.07) is 18.2. The Morgan fingerprint density at radius 3 is 2.47 bits per heavy atom. The van der Waals surface area contributed by atoms with Gasteiger partial charge in [0.05, 0.1) is 19.1 Å². The van der Waals surface area contributed by atoms with Crippen LogP contribution in [0.1, 0.15) is 39.0 Å². The van der Waals surface area contributed by atoms with Gasteiger partial charge in [0, 0.05) is 31.5 Å². The highest BCUT2D eigenvalue weighted by molar-refractivity contribution is 6.01. The summed E-state index contributed by atoms with van der Waals surface area (Å²) in [5, 5.41) is 3.04. The molecular weight excluding hydrogens is 378 g/mol. The third-order valence-corrected chi connectivity index (χ3v) is 5.54. The molecule has 0 saturated heterocycles. The molecule has 30 heavy (non-hydrogen) atoms. The molecule has 3 aromatic rings. The SMILES string of the molecule is COc1ccc([C@H]2[C@H](C(=O)NCc3ccncc3)c3ccccc3C(=O)N2C)cc1. The van der Waals surface area contributed by atoms with Gasteiger partial charge < -0.3 is 15.0 Å². The van der Waals surface area contributed by atoms with Crippen LogP contribution in [0.4, 0.5) is 0 Å². The molecule has 0 aliphatic carbocycles. The summed E-state index contributed by atoms with van der Waals surface area (Å²) in [7, 11) is 3.35. The molecule has 1 N–H and O–H groups in total. The summed E-state index contributed by atoms with van der Waals surface area (Å²) in [4.78, 5) is 32.1. The Balaban J connectivity index is 1.72. The van der Waals surface area contributed by atoms with Crippen LogP contribution in [0.25, 0.3) is 0 Å². The monoisotopic (exact) mass is 401 g/mol. The van der Waals surface area contributed by atoms with Gasteiger partial charge in [-0.2, -0.15) is 0 Å². The molecule has 0 unspecified atom stereocenters. The van der Waals surface area contributed by atoms with Crippen molar-refractivity contribution in [1.29, 1.82) is 0 Å². The second kappa shape index (κ2) is 8.37. The Morgan fingerprint density at radius 1 is 1.07 bits per heavy atom. The van der Waals surface area contributed by atoms with E-state index >= 15 is 0 Å². The summed E-state index contributed by atoms with van der Waals surface area (Å²) >= 11 is 0. The van der Waals surface area contributed by atoms with E-state index in [0.29, 0.717) is 12.1 Å². The fraction of sp³-hybridized carbons (Fsp3) is 0.208. The Kier molecular flexibility index (Phi) is 5.48. The van der Waals surface area contributed by atoms with Crippen molar-refractivity contribution >= 4 is 11.8 Å². The van der Waals surface area contributed by atoms with Crippen molar-refractivity contribution in [3.63, 3.8) is 0 Å². The van der Waals surface area contributed by atoms with E-state index in [1.165, 1.54) is 0 Å².